The number of rotatable bonds is 5. The van der Waals surface area contributed by atoms with Crippen LogP contribution in [0.25, 0.3) is 0 Å². The summed E-state index contributed by atoms with van der Waals surface area (Å²) in [6.07, 6.45) is 0.259. The van der Waals surface area contributed by atoms with Crippen molar-refractivity contribution >= 4 is 0 Å². The Morgan fingerprint density at radius 2 is 2.16 bits per heavy atom. The van der Waals surface area contributed by atoms with Crippen molar-refractivity contribution in [3.8, 4) is 0 Å². The first kappa shape index (κ1) is 13.7. The van der Waals surface area contributed by atoms with Crippen molar-refractivity contribution in [2.75, 3.05) is 0 Å². The van der Waals surface area contributed by atoms with Gasteiger partial charge in [-0.3, -0.25) is 0 Å². The van der Waals surface area contributed by atoms with Gasteiger partial charge in [-0.15, -0.1) is 0 Å². The quantitative estimate of drug-likeness (QED) is 0.900. The molecule has 0 saturated carbocycles. The Morgan fingerprint density at radius 1 is 1.37 bits per heavy atom. The zero-order valence-corrected chi connectivity index (χ0v) is 11.0. The average Bonchev–Trinajstić information content (AvgIpc) is 2.76. The summed E-state index contributed by atoms with van der Waals surface area (Å²) >= 11 is 0. The topological polar surface area (TPSA) is 59.2 Å². The highest BCUT2D eigenvalue weighted by Crippen LogP contribution is 2.11. The van der Waals surface area contributed by atoms with Crippen molar-refractivity contribution in [2.24, 2.45) is 5.92 Å². The van der Waals surface area contributed by atoms with E-state index in [1.54, 1.807) is 6.07 Å². The van der Waals surface area contributed by atoms with Crippen LogP contribution >= 0.6 is 0 Å². The number of aliphatic hydroxyl groups excluding tert-OH is 1. The molecule has 1 N–H and O–H groups in total. The smallest absolute Gasteiger partial charge is 0.229 e. The molecule has 0 spiro atoms. The summed E-state index contributed by atoms with van der Waals surface area (Å²) in [5.74, 6) is 0.763. The summed E-state index contributed by atoms with van der Waals surface area (Å²) < 4.78 is 18.1. The fraction of sp³-hybridized carbons (Fsp3) is 0.429. The van der Waals surface area contributed by atoms with E-state index in [0.29, 0.717) is 24.6 Å². The van der Waals surface area contributed by atoms with E-state index in [0.717, 1.165) is 5.56 Å². The van der Waals surface area contributed by atoms with Crippen LogP contribution in [0.3, 0.4) is 0 Å². The summed E-state index contributed by atoms with van der Waals surface area (Å²) in [4.78, 5) is 4.20. The number of hydrogen-bond donors (Lipinski definition) is 1. The predicted octanol–water partition coefficient (Wildman–Crippen LogP) is 2.36. The van der Waals surface area contributed by atoms with Crippen LogP contribution in [0.5, 0.6) is 0 Å². The van der Waals surface area contributed by atoms with E-state index < -0.39 is 6.10 Å². The standard InChI is InChI=1S/C14H17FN2O2/c1-9(2)12(18)8-14-16-13(17-19-14)7-10-4-3-5-11(15)6-10/h3-6,9,12,18H,7-8H2,1-2H3. The lowest BCUT2D eigenvalue weighted by Gasteiger charge is -2.10. The molecule has 0 bridgehead atoms. The number of aliphatic hydroxyl groups is 1. The minimum absolute atomic E-state index is 0.138. The molecular formula is C14H17FN2O2. The molecule has 0 saturated heterocycles. The fourth-order valence-electron chi connectivity index (χ4n) is 1.69. The summed E-state index contributed by atoms with van der Waals surface area (Å²) in [7, 11) is 0. The van der Waals surface area contributed by atoms with E-state index in [1.165, 1.54) is 12.1 Å². The van der Waals surface area contributed by atoms with Crippen LogP contribution in [0.2, 0.25) is 0 Å². The van der Waals surface area contributed by atoms with Crippen molar-refractivity contribution in [1.29, 1.82) is 0 Å². The molecule has 0 aliphatic rings. The maximum atomic E-state index is 13.0. The minimum Gasteiger partial charge on any atom is -0.392 e. The molecule has 1 unspecified atom stereocenters. The summed E-state index contributed by atoms with van der Waals surface area (Å²) in [6.45, 7) is 3.85. The second-order valence-electron chi connectivity index (χ2n) is 4.93. The monoisotopic (exact) mass is 264 g/mol. The summed E-state index contributed by atoms with van der Waals surface area (Å²) in [5, 5.41) is 13.6. The number of nitrogens with zero attached hydrogens (tertiary/aromatic N) is 2. The van der Waals surface area contributed by atoms with Crippen molar-refractivity contribution in [3.63, 3.8) is 0 Å². The maximum Gasteiger partial charge on any atom is 0.229 e. The third-order valence-electron chi connectivity index (χ3n) is 2.91. The third kappa shape index (κ3) is 3.86. The van der Waals surface area contributed by atoms with E-state index in [2.05, 4.69) is 10.1 Å². The van der Waals surface area contributed by atoms with Gasteiger partial charge in [0.1, 0.15) is 5.82 Å². The van der Waals surface area contributed by atoms with Gasteiger partial charge in [0.2, 0.25) is 5.89 Å². The SMILES string of the molecule is CC(C)C(O)Cc1nc(Cc2cccc(F)c2)no1. The highest BCUT2D eigenvalue weighted by molar-refractivity contribution is 5.19. The van der Waals surface area contributed by atoms with Gasteiger partial charge in [0.25, 0.3) is 0 Å². The van der Waals surface area contributed by atoms with E-state index >= 15 is 0 Å². The Bertz CT molecular complexity index is 540. The second kappa shape index (κ2) is 5.93. The lowest BCUT2D eigenvalue weighted by atomic mass is 10.0. The molecule has 1 aromatic carbocycles. The molecule has 0 aliphatic heterocycles. The molecule has 0 amide bonds. The van der Waals surface area contributed by atoms with Crippen molar-refractivity contribution in [2.45, 2.75) is 32.8 Å². The molecule has 1 atom stereocenters. The van der Waals surface area contributed by atoms with Gasteiger partial charge in [0.05, 0.1) is 12.5 Å². The number of benzene rings is 1. The Hall–Kier alpha value is -1.75. The Kier molecular flexibility index (Phi) is 4.27. The summed E-state index contributed by atoms with van der Waals surface area (Å²) in [6, 6.07) is 6.29. The third-order valence-corrected chi connectivity index (χ3v) is 2.91. The van der Waals surface area contributed by atoms with E-state index in [4.69, 9.17) is 4.52 Å². The molecule has 4 nitrogen and oxygen atoms in total. The van der Waals surface area contributed by atoms with Crippen LogP contribution in [0.1, 0.15) is 31.1 Å². The average molecular weight is 264 g/mol. The molecule has 1 aromatic heterocycles. The van der Waals surface area contributed by atoms with Gasteiger partial charge >= 0.3 is 0 Å². The zero-order valence-electron chi connectivity index (χ0n) is 11.0. The van der Waals surface area contributed by atoms with Gasteiger partial charge in [-0.25, -0.2) is 4.39 Å². The lowest BCUT2D eigenvalue weighted by Crippen LogP contribution is -2.17. The van der Waals surface area contributed by atoms with Gasteiger partial charge in [-0.2, -0.15) is 4.98 Å². The predicted molar refractivity (Wildman–Crippen MR) is 68.1 cm³/mol. The number of aromatic nitrogens is 2. The molecule has 19 heavy (non-hydrogen) atoms. The molecule has 0 radical (unpaired) electrons. The van der Waals surface area contributed by atoms with Gasteiger partial charge in [-0.1, -0.05) is 31.1 Å². The van der Waals surface area contributed by atoms with Crippen molar-refractivity contribution < 1.29 is 14.0 Å². The number of halogens is 1. The first-order valence-corrected chi connectivity index (χ1v) is 6.28. The van der Waals surface area contributed by atoms with E-state index in [1.807, 2.05) is 19.9 Å². The van der Waals surface area contributed by atoms with Gasteiger partial charge in [0, 0.05) is 6.42 Å². The Labute approximate surface area is 111 Å². The molecule has 102 valence electrons. The molecule has 1 heterocycles. The van der Waals surface area contributed by atoms with Crippen LogP contribution in [-0.2, 0) is 12.8 Å². The molecule has 2 aromatic rings. The van der Waals surface area contributed by atoms with Crippen molar-refractivity contribution in [1.82, 2.24) is 10.1 Å². The first-order valence-electron chi connectivity index (χ1n) is 6.28. The highest BCUT2D eigenvalue weighted by Gasteiger charge is 2.15. The lowest BCUT2D eigenvalue weighted by molar-refractivity contribution is 0.116. The van der Waals surface area contributed by atoms with Crippen LogP contribution in [0.15, 0.2) is 28.8 Å². The highest BCUT2D eigenvalue weighted by atomic mass is 19.1. The van der Waals surface area contributed by atoms with Gasteiger partial charge < -0.3 is 9.63 Å². The Balaban J connectivity index is 2.01. The molecule has 2 rings (SSSR count). The molecule has 0 fully saturated rings. The van der Waals surface area contributed by atoms with E-state index in [9.17, 15) is 9.50 Å². The Morgan fingerprint density at radius 3 is 2.84 bits per heavy atom. The molecule has 0 aliphatic carbocycles. The van der Waals surface area contributed by atoms with Crippen LogP contribution in [-0.4, -0.2) is 21.4 Å². The largest absolute Gasteiger partial charge is 0.392 e. The maximum absolute atomic E-state index is 13.0. The van der Waals surface area contributed by atoms with Crippen molar-refractivity contribution in [3.05, 3.63) is 47.4 Å². The van der Waals surface area contributed by atoms with Gasteiger partial charge in [-0.05, 0) is 23.6 Å². The normalized spacial score (nSPS) is 12.9. The second-order valence-corrected chi connectivity index (χ2v) is 4.93. The molecular weight excluding hydrogens is 247 g/mol. The van der Waals surface area contributed by atoms with E-state index in [-0.39, 0.29) is 11.7 Å². The number of hydrogen-bond acceptors (Lipinski definition) is 4. The summed E-state index contributed by atoms with van der Waals surface area (Å²) in [5.41, 5.74) is 0.789. The first-order chi connectivity index (χ1) is 9.04. The fourth-order valence-corrected chi connectivity index (χ4v) is 1.69. The minimum atomic E-state index is -0.498. The van der Waals surface area contributed by atoms with Crippen LogP contribution in [0, 0.1) is 11.7 Å². The van der Waals surface area contributed by atoms with Crippen LogP contribution in [0.4, 0.5) is 4.39 Å². The zero-order chi connectivity index (χ0) is 13.8. The van der Waals surface area contributed by atoms with Gasteiger partial charge in [0.15, 0.2) is 5.82 Å². The molecule has 5 heteroatoms. The van der Waals surface area contributed by atoms with Crippen LogP contribution < -0.4 is 0 Å².